The number of nitrogens with one attached hydrogen (secondary N) is 1. The summed E-state index contributed by atoms with van der Waals surface area (Å²) in [6.45, 7) is 42.0. The topological polar surface area (TPSA) is 402 Å². The molecule has 34 nitrogen and oxygen atoms in total. The van der Waals surface area contributed by atoms with Gasteiger partial charge in [-0.25, -0.2) is 19.2 Å². The number of methoxy groups -OCH3 is 2. The van der Waals surface area contributed by atoms with Crippen LogP contribution in [0.1, 0.15) is 194 Å². The van der Waals surface area contributed by atoms with Crippen molar-refractivity contribution in [1.29, 1.82) is 0 Å². The number of benzene rings is 4. The molecule has 8 heterocycles. The third kappa shape index (κ3) is 34.0. The number of fused-ring (bicyclic) bond motifs is 4. The van der Waals surface area contributed by atoms with Gasteiger partial charge >= 0.3 is 47.8 Å². The van der Waals surface area contributed by atoms with Crippen molar-refractivity contribution in [2.24, 2.45) is 0 Å². The summed E-state index contributed by atoms with van der Waals surface area (Å²) in [5.74, 6) is -0.514. The predicted molar refractivity (Wildman–Crippen MR) is 514 cm³/mol. The highest BCUT2D eigenvalue weighted by atomic mass is 31.2. The largest absolute Gasteiger partial charge is 0.507 e. The van der Waals surface area contributed by atoms with Gasteiger partial charge in [-0.15, -0.1) is 0 Å². The van der Waals surface area contributed by atoms with Crippen LogP contribution in [0.15, 0.2) is 46.6 Å². The summed E-state index contributed by atoms with van der Waals surface area (Å²) in [4.78, 5) is 105. The molecule has 748 valence electrons. The molecule has 0 aromatic heterocycles. The number of carbonyl (C=O) groups is 8. The molecule has 0 bridgehead atoms. The Labute approximate surface area is 798 Å². The van der Waals surface area contributed by atoms with Crippen LogP contribution in [-0.4, -0.2) is 289 Å². The van der Waals surface area contributed by atoms with Crippen molar-refractivity contribution in [2.45, 2.75) is 166 Å². The zero-order chi connectivity index (χ0) is 98.6. The number of hydrogen-bond acceptors (Lipinski definition) is 33. The molecule has 0 saturated carbocycles. The third-order valence-corrected chi connectivity index (χ3v) is 27.2. The van der Waals surface area contributed by atoms with Gasteiger partial charge in [0.05, 0.1) is 93.2 Å². The molecule has 2 unspecified atom stereocenters. The molecule has 4 fully saturated rings. The minimum Gasteiger partial charge on any atom is -0.507 e. The van der Waals surface area contributed by atoms with Crippen molar-refractivity contribution in [3.63, 3.8) is 0 Å². The molecule has 12 rings (SSSR count). The Morgan fingerprint density at radius 2 is 0.689 bits per heavy atom. The number of nitrogens with zero attached hydrogens (tertiary/aromatic N) is 3. The number of ether oxygens (including phenoxy) is 15. The van der Waals surface area contributed by atoms with Crippen molar-refractivity contribution in [3.8, 4) is 46.0 Å². The summed E-state index contributed by atoms with van der Waals surface area (Å²) in [5, 5.41) is 32.2. The van der Waals surface area contributed by atoms with E-state index in [4.69, 9.17) is 80.1 Å². The van der Waals surface area contributed by atoms with Gasteiger partial charge in [0, 0.05) is 129 Å². The molecule has 0 spiro atoms. The average molecular weight is 1970 g/mol. The quantitative estimate of drug-likeness (QED) is 0.0139. The van der Waals surface area contributed by atoms with Gasteiger partial charge in [-0.05, 0) is 162 Å². The van der Waals surface area contributed by atoms with Gasteiger partial charge in [0.15, 0.2) is 0 Å². The lowest BCUT2D eigenvalue weighted by molar-refractivity contribution is -0.908. The highest BCUT2D eigenvalue weighted by Gasteiger charge is 2.38. The zero-order valence-corrected chi connectivity index (χ0v) is 85.4. The average Bonchev–Trinajstić information content (AvgIpc) is 1.71. The second-order valence-electron chi connectivity index (χ2n) is 35.1. The lowest BCUT2D eigenvalue weighted by Crippen LogP contribution is -3.14. The van der Waals surface area contributed by atoms with Gasteiger partial charge in [0.1, 0.15) is 154 Å². The summed E-state index contributed by atoms with van der Waals surface area (Å²) in [6, 6.07) is 0. The number of allylic oxidation sites excluding steroid dienone is 8. The van der Waals surface area contributed by atoms with Crippen LogP contribution < -0.4 is 28.2 Å². The van der Waals surface area contributed by atoms with Crippen molar-refractivity contribution in [2.75, 3.05) is 211 Å². The minimum absolute atomic E-state index is 0.0224. The van der Waals surface area contributed by atoms with Crippen LogP contribution in [-0.2, 0) is 137 Å². The smallest absolute Gasteiger partial charge is 0.342 e. The van der Waals surface area contributed by atoms with Crippen LogP contribution >= 0.6 is 33.2 Å². The first kappa shape index (κ1) is 111. The Bertz CT molecular complexity index is 4950. The molecule has 0 radical (unpaired) electrons. The van der Waals surface area contributed by atoms with E-state index in [1.54, 1.807) is 54.7 Å². The second-order valence-corrected chi connectivity index (χ2v) is 42.7. The maximum Gasteiger partial charge on any atom is 0.342 e. The Kier molecular flexibility index (Phi) is 45.8. The first-order valence-electron chi connectivity index (χ1n) is 46.0. The number of cyclic esters (lactones) is 4. The number of rotatable bonds is 40. The van der Waals surface area contributed by atoms with E-state index in [-0.39, 0.29) is 97.4 Å². The lowest BCUT2D eigenvalue weighted by atomic mass is 9.94. The SMILES string of the molecule is C/C(=C\Cc1c(O)c(C)c2c(c1OP)C(=O)OC2)CCC(=O)OCCN1CCOCC1.C/C(=C\Cc1c(O)c2c(c(C)c1OCP(C)(C)=O)COC2=O)CCC(=O)OCC[NH+]1CCOCC1.CCP(C)(C)=O.COc1c(C)c2c(c(O)c1C/C=C(\C)CCC(=O)OCCN1CCOCC1)C(=O)OC2.COc1c(C)c2c(c(OP)c1C/C=C(\C)CCC(=O)OCCN1CCOCC1)C(=O)OC2. The molecule has 8 aliphatic heterocycles. The van der Waals surface area contributed by atoms with Crippen LogP contribution in [0.3, 0.4) is 0 Å². The van der Waals surface area contributed by atoms with E-state index in [0.29, 0.717) is 181 Å². The number of aromatic hydroxyl groups is 3. The maximum atomic E-state index is 12.2. The van der Waals surface area contributed by atoms with E-state index in [0.717, 1.165) is 182 Å². The number of phenols is 3. The fraction of sp³-hybridized carbons (Fsp3) is 0.588. The van der Waals surface area contributed by atoms with Gasteiger partial charge in [0.25, 0.3) is 0 Å². The molecule has 38 heteroatoms. The molecular weight excluding hydrogens is 1820 g/mol. The van der Waals surface area contributed by atoms with Crippen LogP contribution in [0.2, 0.25) is 0 Å². The predicted octanol–water partition coefficient (Wildman–Crippen LogP) is 11.9. The fourth-order valence-corrected chi connectivity index (χ4v) is 16.7. The molecule has 4 saturated heterocycles. The molecule has 4 N–H and O–H groups in total. The number of phenolic OH excluding ortho intramolecular Hbond substituents is 3. The zero-order valence-electron chi connectivity index (χ0n) is 81.3. The number of morpholine rings is 4. The summed E-state index contributed by atoms with van der Waals surface area (Å²) in [6.07, 6.45) is 13.6. The first-order chi connectivity index (χ1) is 64.4. The summed E-state index contributed by atoms with van der Waals surface area (Å²) in [5.41, 5.74) is 13.2. The maximum absolute atomic E-state index is 12.2. The highest BCUT2D eigenvalue weighted by molar-refractivity contribution is 7.62. The normalized spacial score (nSPS) is 16.5. The number of carbonyl (C=O) groups excluding carboxylic acids is 8. The Morgan fingerprint density at radius 3 is 1.03 bits per heavy atom. The van der Waals surface area contributed by atoms with Crippen LogP contribution in [0, 0.1) is 27.7 Å². The summed E-state index contributed by atoms with van der Waals surface area (Å²) >= 11 is 0. The molecule has 2 atom stereocenters. The van der Waals surface area contributed by atoms with E-state index in [9.17, 15) is 62.8 Å². The number of hydrogen-bond donors (Lipinski definition) is 4. The highest BCUT2D eigenvalue weighted by Crippen LogP contribution is 2.48. The third-order valence-electron chi connectivity index (χ3n) is 24.4. The molecule has 8 aliphatic rings. The minimum atomic E-state index is -2.47. The van der Waals surface area contributed by atoms with Crippen LogP contribution in [0.25, 0.3) is 0 Å². The summed E-state index contributed by atoms with van der Waals surface area (Å²) in [7, 11) is 3.36. The van der Waals surface area contributed by atoms with Gasteiger partial charge in [-0.1, -0.05) is 53.5 Å². The van der Waals surface area contributed by atoms with E-state index in [2.05, 4.69) is 33.6 Å². The van der Waals surface area contributed by atoms with Gasteiger partial charge in [-0.3, -0.25) is 33.9 Å². The molecule has 0 aliphatic carbocycles. The molecule has 135 heavy (non-hydrogen) atoms. The van der Waals surface area contributed by atoms with Crippen molar-refractivity contribution >= 4 is 81.0 Å². The second kappa shape index (κ2) is 55.6. The molecule has 0 amide bonds. The van der Waals surface area contributed by atoms with E-state index in [1.807, 2.05) is 72.8 Å². The van der Waals surface area contributed by atoms with E-state index >= 15 is 0 Å². The van der Waals surface area contributed by atoms with E-state index < -0.39 is 32.2 Å². The van der Waals surface area contributed by atoms with Crippen LogP contribution in [0.5, 0.6) is 46.0 Å². The van der Waals surface area contributed by atoms with Gasteiger partial charge in [0.2, 0.25) is 0 Å². The molecule has 4 aromatic rings. The number of esters is 8. The summed E-state index contributed by atoms with van der Waals surface area (Å²) < 4.78 is 114. The van der Waals surface area contributed by atoms with Crippen molar-refractivity contribution in [1.82, 2.24) is 14.7 Å². The standard InChI is InChI=1S/C25H36NO8P.C23H32NO7P.C23H31NO7.C22H30NO7P.C4H11OP/c1-17(6-8-21(27)32-14-11-26-9-12-31-13-10-26)5-7-19-23(28)22-20(15-33-25(22)29)18(2)24(19)34-16-35(3,4)30;1-15(5-7-19(25)29-13-10-24-8-11-28-12-9-24)4-6-17-21(27-3)16(2)18-14-30-23(26)20(18)22(17)31-32;1-15(5-7-19(25)30-13-10-24-8-11-29-12-9-24)4-6-17-21(26)20-18(14-31-23(20)27)16(2)22(17)28-3;1-14(4-6-18(24)28-12-9-23-7-10-27-11-8-23)3-5-16-20(25)15(2)17-13-29-22(26)19(17)21(16)30-31;1-4-6(2,3)5/h5,28H,6-16H2,1-4H3;4H,5-14,32H2,1-3H3;4,26H,5-14H2,1-3H3;3,25H,4-13,31H2,1-2H3;4H2,1-3H3/p+1/b17-5+;2*15-4+;14-3+;. The number of quaternary nitrogens is 1. The Hall–Kier alpha value is -9.00. The first-order valence-corrected chi connectivity index (χ1v) is 52.5. The van der Waals surface area contributed by atoms with Gasteiger partial charge in [-0.2, -0.15) is 0 Å². The van der Waals surface area contributed by atoms with E-state index in [1.165, 1.54) is 4.90 Å². The van der Waals surface area contributed by atoms with Crippen LogP contribution in [0.4, 0.5) is 0 Å². The Balaban J connectivity index is 0.000000217. The van der Waals surface area contributed by atoms with Crippen molar-refractivity contribution < 1.29 is 148 Å². The Morgan fingerprint density at radius 1 is 0.400 bits per heavy atom. The molecular formula is C97H141N4O30P4+. The fourth-order valence-electron chi connectivity index (χ4n) is 15.8. The monoisotopic (exact) mass is 1970 g/mol. The lowest BCUT2D eigenvalue weighted by Gasteiger charge is -2.26. The van der Waals surface area contributed by atoms with Gasteiger partial charge < -0.3 is 109 Å². The molecule has 4 aromatic carbocycles. The van der Waals surface area contributed by atoms with Crippen molar-refractivity contribution in [3.05, 3.63) is 136 Å².